The van der Waals surface area contributed by atoms with Gasteiger partial charge in [-0.3, -0.25) is 0 Å². The highest BCUT2D eigenvalue weighted by molar-refractivity contribution is 5.59. The number of benzene rings is 1. The molecule has 1 aliphatic rings. The van der Waals surface area contributed by atoms with E-state index >= 15 is 0 Å². The number of nitrogens with zero attached hydrogens (tertiary/aromatic N) is 1. The fourth-order valence-corrected chi connectivity index (χ4v) is 1.52. The molecule has 2 rings (SSSR count). The summed E-state index contributed by atoms with van der Waals surface area (Å²) < 4.78 is 52.3. The molecule has 0 radical (unpaired) electrons. The van der Waals surface area contributed by atoms with Gasteiger partial charge in [-0.05, 0) is 18.1 Å². The van der Waals surface area contributed by atoms with E-state index in [0.29, 0.717) is 17.1 Å². The molecular formula is C9H7F4NO. The van der Waals surface area contributed by atoms with Gasteiger partial charge in [-0.15, -0.1) is 13.2 Å². The van der Waals surface area contributed by atoms with Crippen LogP contribution in [-0.2, 0) is 6.42 Å². The Kier molecular flexibility index (Phi) is 2.21. The van der Waals surface area contributed by atoms with Gasteiger partial charge >= 0.3 is 6.36 Å². The fourth-order valence-electron chi connectivity index (χ4n) is 1.52. The number of hydrogen-bond donors (Lipinski definition) is 0. The van der Waals surface area contributed by atoms with Crippen molar-refractivity contribution in [2.75, 3.05) is 11.7 Å². The van der Waals surface area contributed by atoms with E-state index in [1.54, 1.807) is 0 Å². The van der Waals surface area contributed by atoms with Crippen molar-refractivity contribution in [3.63, 3.8) is 0 Å². The molecule has 1 heterocycles. The first kappa shape index (κ1) is 10.1. The number of anilines is 1. The summed E-state index contributed by atoms with van der Waals surface area (Å²) >= 11 is 0. The Morgan fingerprint density at radius 1 is 1.27 bits per heavy atom. The minimum absolute atomic E-state index is 0.150. The van der Waals surface area contributed by atoms with Crippen LogP contribution < -0.4 is 9.86 Å². The average Bonchev–Trinajstić information content (AvgIpc) is 2.45. The van der Waals surface area contributed by atoms with Gasteiger partial charge in [-0.1, -0.05) is 10.5 Å². The lowest BCUT2D eigenvalue weighted by Crippen LogP contribution is -2.17. The molecule has 0 saturated carbocycles. The van der Waals surface area contributed by atoms with E-state index in [0.717, 1.165) is 6.07 Å². The zero-order valence-electron chi connectivity index (χ0n) is 7.51. The SMILES string of the molecule is FN1CCc2ccc(OC(F)(F)F)cc21. The maximum Gasteiger partial charge on any atom is 0.573 e. The summed E-state index contributed by atoms with van der Waals surface area (Å²) in [5, 5.41) is 0.415. The topological polar surface area (TPSA) is 12.5 Å². The van der Waals surface area contributed by atoms with Gasteiger partial charge in [0.2, 0.25) is 0 Å². The van der Waals surface area contributed by atoms with E-state index in [4.69, 9.17) is 0 Å². The normalized spacial score (nSPS) is 15.3. The van der Waals surface area contributed by atoms with Gasteiger partial charge in [-0.2, -0.15) is 0 Å². The quantitative estimate of drug-likeness (QED) is 0.534. The molecule has 0 atom stereocenters. The van der Waals surface area contributed by atoms with Gasteiger partial charge in [0.15, 0.2) is 0 Å². The van der Waals surface area contributed by atoms with Crippen LogP contribution in [0.2, 0.25) is 0 Å². The number of fused-ring (bicyclic) bond motifs is 1. The summed E-state index contributed by atoms with van der Waals surface area (Å²) in [5.41, 5.74) is 0.837. The number of rotatable bonds is 1. The van der Waals surface area contributed by atoms with E-state index in [1.165, 1.54) is 12.1 Å². The number of ether oxygens (including phenoxy) is 1. The summed E-state index contributed by atoms with van der Waals surface area (Å²) in [4.78, 5) is 0. The molecule has 6 heteroatoms. The van der Waals surface area contributed by atoms with Crippen LogP contribution in [0.5, 0.6) is 5.75 Å². The molecule has 0 unspecified atom stereocenters. The molecule has 0 saturated heterocycles. The van der Waals surface area contributed by atoms with Gasteiger partial charge in [0.1, 0.15) is 5.75 Å². The van der Waals surface area contributed by atoms with E-state index in [1.807, 2.05) is 0 Å². The lowest BCUT2D eigenvalue weighted by molar-refractivity contribution is -0.274. The highest BCUT2D eigenvalue weighted by Crippen LogP contribution is 2.33. The first-order chi connectivity index (χ1) is 6.96. The summed E-state index contributed by atoms with van der Waals surface area (Å²) in [7, 11) is 0. The van der Waals surface area contributed by atoms with Crippen molar-refractivity contribution in [2.24, 2.45) is 0 Å². The smallest absolute Gasteiger partial charge is 0.406 e. The molecule has 0 N–H and O–H groups in total. The Morgan fingerprint density at radius 2 is 2.00 bits per heavy atom. The van der Waals surface area contributed by atoms with E-state index in [9.17, 15) is 17.7 Å². The monoisotopic (exact) mass is 221 g/mol. The van der Waals surface area contributed by atoms with Crippen molar-refractivity contribution in [2.45, 2.75) is 12.8 Å². The van der Waals surface area contributed by atoms with E-state index in [2.05, 4.69) is 4.74 Å². The highest BCUT2D eigenvalue weighted by atomic mass is 19.4. The predicted octanol–water partition coefficient (Wildman–Crippen LogP) is 2.83. The molecule has 82 valence electrons. The van der Waals surface area contributed by atoms with Crippen molar-refractivity contribution in [3.05, 3.63) is 23.8 Å². The van der Waals surface area contributed by atoms with Gasteiger partial charge in [0.05, 0.1) is 12.2 Å². The number of hydrogen-bond acceptors (Lipinski definition) is 2. The van der Waals surface area contributed by atoms with Crippen molar-refractivity contribution in [3.8, 4) is 5.75 Å². The third-order valence-electron chi connectivity index (χ3n) is 2.13. The van der Waals surface area contributed by atoms with Crippen molar-refractivity contribution < 1.29 is 22.4 Å². The Morgan fingerprint density at radius 3 is 2.67 bits per heavy atom. The summed E-state index contributed by atoms with van der Waals surface area (Å²) in [5.74, 6) is -0.397. The highest BCUT2D eigenvalue weighted by Gasteiger charge is 2.32. The molecular weight excluding hydrogens is 214 g/mol. The minimum Gasteiger partial charge on any atom is -0.406 e. The standard InChI is InChI=1S/C9H7F4NO/c10-9(11,12)15-7-2-1-6-3-4-14(13)8(6)5-7/h1-2,5H,3-4H2. The Hall–Kier alpha value is -1.46. The van der Waals surface area contributed by atoms with Gasteiger partial charge in [-0.25, -0.2) is 5.12 Å². The van der Waals surface area contributed by atoms with Gasteiger partial charge in [0, 0.05) is 6.07 Å². The second-order valence-electron chi connectivity index (χ2n) is 3.17. The molecule has 0 bridgehead atoms. The number of alkyl halides is 3. The molecule has 2 nitrogen and oxygen atoms in total. The van der Waals surface area contributed by atoms with Crippen molar-refractivity contribution in [1.29, 1.82) is 0 Å². The summed E-state index contributed by atoms with van der Waals surface area (Å²) in [6.45, 7) is 0.171. The molecule has 1 aromatic rings. The third-order valence-corrected chi connectivity index (χ3v) is 2.13. The van der Waals surface area contributed by atoms with Crippen LogP contribution in [-0.4, -0.2) is 12.9 Å². The Labute approximate surface area is 83.0 Å². The van der Waals surface area contributed by atoms with Crippen LogP contribution in [0, 0.1) is 0 Å². The van der Waals surface area contributed by atoms with Crippen LogP contribution in [0.1, 0.15) is 5.56 Å². The largest absolute Gasteiger partial charge is 0.573 e. The number of halogens is 4. The van der Waals surface area contributed by atoms with Crippen LogP contribution in [0.3, 0.4) is 0 Å². The van der Waals surface area contributed by atoms with E-state index < -0.39 is 12.1 Å². The van der Waals surface area contributed by atoms with Crippen molar-refractivity contribution in [1.82, 2.24) is 0 Å². The molecule has 0 fully saturated rings. The molecule has 0 aromatic heterocycles. The zero-order chi connectivity index (χ0) is 11.1. The van der Waals surface area contributed by atoms with Gasteiger partial charge in [0.25, 0.3) is 0 Å². The molecule has 1 aliphatic heterocycles. The van der Waals surface area contributed by atoms with Crippen molar-refractivity contribution >= 4 is 5.69 Å². The summed E-state index contributed by atoms with van der Waals surface area (Å²) in [6, 6.07) is 3.68. The minimum atomic E-state index is -4.74. The maximum absolute atomic E-state index is 13.0. The van der Waals surface area contributed by atoms with Crippen LogP contribution in [0.25, 0.3) is 0 Å². The van der Waals surface area contributed by atoms with Gasteiger partial charge < -0.3 is 4.74 Å². The second kappa shape index (κ2) is 3.29. The molecule has 0 spiro atoms. The lowest BCUT2D eigenvalue weighted by atomic mass is 10.1. The average molecular weight is 221 g/mol. The maximum atomic E-state index is 13.0. The Balaban J connectivity index is 2.26. The van der Waals surface area contributed by atoms with Crippen LogP contribution >= 0.6 is 0 Å². The van der Waals surface area contributed by atoms with Crippen LogP contribution in [0.15, 0.2) is 18.2 Å². The third kappa shape index (κ3) is 2.14. The first-order valence-electron chi connectivity index (χ1n) is 4.28. The first-order valence-corrected chi connectivity index (χ1v) is 4.28. The Bertz CT molecular complexity index is 377. The molecule has 15 heavy (non-hydrogen) atoms. The molecule has 0 amide bonds. The summed E-state index contributed by atoms with van der Waals surface area (Å²) in [6.07, 6.45) is -4.24. The molecule has 0 aliphatic carbocycles. The van der Waals surface area contributed by atoms with E-state index in [-0.39, 0.29) is 12.2 Å². The lowest BCUT2D eigenvalue weighted by Gasteiger charge is -2.11. The fraction of sp³-hybridized carbons (Fsp3) is 0.333. The predicted molar refractivity (Wildman–Crippen MR) is 45.3 cm³/mol. The zero-order valence-corrected chi connectivity index (χ0v) is 7.51. The molecule has 1 aromatic carbocycles. The second-order valence-corrected chi connectivity index (χ2v) is 3.17. The van der Waals surface area contributed by atoms with Crippen LogP contribution in [0.4, 0.5) is 23.3 Å².